The second-order valence-electron chi connectivity index (χ2n) is 7.83. The molecule has 0 spiro atoms. The Morgan fingerprint density at radius 1 is 0.971 bits per heavy atom. The van der Waals surface area contributed by atoms with Crippen molar-refractivity contribution in [3.63, 3.8) is 0 Å². The van der Waals surface area contributed by atoms with Crippen molar-refractivity contribution in [2.24, 2.45) is 0 Å². The fourth-order valence-corrected chi connectivity index (χ4v) is 5.53. The van der Waals surface area contributed by atoms with Crippen LogP contribution in [0.1, 0.15) is 24.2 Å². The molecular weight excluding hydrogens is 472 g/mol. The molecule has 0 bridgehead atoms. The van der Waals surface area contributed by atoms with Gasteiger partial charge in [-0.3, -0.25) is 4.79 Å². The molecule has 1 unspecified atom stereocenters. The normalized spacial score (nSPS) is 16.7. The van der Waals surface area contributed by atoms with Gasteiger partial charge in [-0.05, 0) is 36.8 Å². The van der Waals surface area contributed by atoms with Gasteiger partial charge in [0.2, 0.25) is 16.0 Å². The summed E-state index contributed by atoms with van der Waals surface area (Å²) in [7, 11) is -3.99. The SMILES string of the molecule is CCOC(=O)c1cnc(N2CCN(S(=O)(=O)c3ccc4ccccc4c3)C(C(=O)OCC)C2)nc1. The van der Waals surface area contributed by atoms with E-state index in [0.717, 1.165) is 10.8 Å². The van der Waals surface area contributed by atoms with Crippen LogP contribution in [0.25, 0.3) is 10.8 Å². The second kappa shape index (κ2) is 10.4. The van der Waals surface area contributed by atoms with Crippen LogP contribution in [0.4, 0.5) is 5.95 Å². The molecule has 1 aromatic heterocycles. The Morgan fingerprint density at radius 2 is 1.66 bits per heavy atom. The first-order valence-corrected chi connectivity index (χ1v) is 12.7. The maximum atomic E-state index is 13.6. The van der Waals surface area contributed by atoms with Gasteiger partial charge in [-0.2, -0.15) is 4.31 Å². The molecule has 1 aliphatic rings. The van der Waals surface area contributed by atoms with Crippen LogP contribution in [0.3, 0.4) is 0 Å². The van der Waals surface area contributed by atoms with Gasteiger partial charge in [0.25, 0.3) is 0 Å². The van der Waals surface area contributed by atoms with Gasteiger partial charge in [0.1, 0.15) is 6.04 Å². The van der Waals surface area contributed by atoms with E-state index in [1.54, 1.807) is 36.9 Å². The molecule has 4 rings (SSSR count). The molecule has 0 amide bonds. The largest absolute Gasteiger partial charge is 0.465 e. The van der Waals surface area contributed by atoms with Crippen molar-refractivity contribution in [3.8, 4) is 0 Å². The molecule has 11 heteroatoms. The quantitative estimate of drug-likeness (QED) is 0.452. The van der Waals surface area contributed by atoms with Gasteiger partial charge in [-0.1, -0.05) is 30.3 Å². The number of anilines is 1. The molecule has 0 N–H and O–H groups in total. The maximum absolute atomic E-state index is 13.6. The van der Waals surface area contributed by atoms with E-state index in [9.17, 15) is 18.0 Å². The first-order valence-electron chi connectivity index (χ1n) is 11.3. The van der Waals surface area contributed by atoms with Gasteiger partial charge >= 0.3 is 11.9 Å². The van der Waals surface area contributed by atoms with Crippen molar-refractivity contribution in [1.29, 1.82) is 0 Å². The summed E-state index contributed by atoms with van der Waals surface area (Å²) in [6.45, 7) is 4.00. The van der Waals surface area contributed by atoms with Crippen LogP contribution in [-0.2, 0) is 24.3 Å². The van der Waals surface area contributed by atoms with Crippen LogP contribution >= 0.6 is 0 Å². The van der Waals surface area contributed by atoms with Crippen LogP contribution in [0, 0.1) is 0 Å². The topological polar surface area (TPSA) is 119 Å². The van der Waals surface area contributed by atoms with E-state index in [1.807, 2.05) is 24.3 Å². The number of carbonyl (C=O) groups is 2. The van der Waals surface area contributed by atoms with Crippen molar-refractivity contribution in [2.45, 2.75) is 24.8 Å². The number of esters is 2. The summed E-state index contributed by atoms with van der Waals surface area (Å²) in [6, 6.07) is 11.3. The first kappa shape index (κ1) is 24.6. The lowest BCUT2D eigenvalue weighted by Crippen LogP contribution is -2.59. The van der Waals surface area contributed by atoms with Gasteiger partial charge in [0.15, 0.2) is 0 Å². The minimum atomic E-state index is -3.99. The zero-order valence-electron chi connectivity index (χ0n) is 19.5. The predicted octanol–water partition coefficient (Wildman–Crippen LogP) is 2.25. The maximum Gasteiger partial charge on any atom is 0.341 e. The standard InChI is InChI=1S/C24H26N4O6S/c1-3-33-22(29)19-14-25-24(26-15-19)27-11-12-28(21(16-27)23(30)34-4-2)35(31,32)20-10-9-17-7-5-6-8-18(17)13-20/h5-10,13-15,21H,3-4,11-12,16H2,1-2H3. The lowest BCUT2D eigenvalue weighted by atomic mass is 10.1. The second-order valence-corrected chi connectivity index (χ2v) is 9.72. The highest BCUT2D eigenvalue weighted by Gasteiger charge is 2.41. The number of rotatable bonds is 7. The summed E-state index contributed by atoms with van der Waals surface area (Å²) in [5, 5.41) is 1.71. The van der Waals surface area contributed by atoms with Crippen molar-refractivity contribution >= 4 is 38.7 Å². The molecule has 1 aliphatic heterocycles. The Bertz CT molecular complexity index is 1330. The third-order valence-electron chi connectivity index (χ3n) is 5.65. The lowest BCUT2D eigenvalue weighted by Gasteiger charge is -2.39. The van der Waals surface area contributed by atoms with E-state index < -0.39 is 28.0 Å². The molecule has 2 aromatic carbocycles. The molecule has 0 aliphatic carbocycles. The minimum Gasteiger partial charge on any atom is -0.465 e. The van der Waals surface area contributed by atoms with Crippen LogP contribution in [-0.4, -0.2) is 73.5 Å². The average Bonchev–Trinajstić information content (AvgIpc) is 2.88. The number of piperazine rings is 1. The molecule has 1 atom stereocenters. The van der Waals surface area contributed by atoms with E-state index in [1.165, 1.54) is 16.7 Å². The predicted molar refractivity (Wildman–Crippen MR) is 128 cm³/mol. The van der Waals surface area contributed by atoms with Gasteiger partial charge in [-0.25, -0.2) is 23.2 Å². The molecule has 0 saturated carbocycles. The highest BCUT2D eigenvalue weighted by atomic mass is 32.2. The molecule has 184 valence electrons. The third kappa shape index (κ3) is 5.10. The molecule has 1 saturated heterocycles. The minimum absolute atomic E-state index is 0.00436. The molecule has 35 heavy (non-hydrogen) atoms. The smallest absolute Gasteiger partial charge is 0.341 e. The Labute approximate surface area is 203 Å². The van der Waals surface area contributed by atoms with E-state index in [0.29, 0.717) is 0 Å². The number of fused-ring (bicyclic) bond motifs is 1. The molecule has 10 nitrogen and oxygen atoms in total. The highest BCUT2D eigenvalue weighted by Crippen LogP contribution is 2.26. The summed E-state index contributed by atoms with van der Waals surface area (Å²) in [6.07, 6.45) is 2.69. The van der Waals surface area contributed by atoms with Crippen molar-refractivity contribution in [3.05, 3.63) is 60.4 Å². The lowest BCUT2D eigenvalue weighted by molar-refractivity contribution is -0.147. The third-order valence-corrected chi connectivity index (χ3v) is 7.55. The average molecular weight is 499 g/mol. The number of hydrogen-bond acceptors (Lipinski definition) is 9. The van der Waals surface area contributed by atoms with Crippen LogP contribution < -0.4 is 4.90 Å². The van der Waals surface area contributed by atoms with Gasteiger partial charge in [0.05, 0.1) is 23.7 Å². The fourth-order valence-electron chi connectivity index (χ4n) is 3.93. The van der Waals surface area contributed by atoms with E-state index in [4.69, 9.17) is 9.47 Å². The van der Waals surface area contributed by atoms with E-state index >= 15 is 0 Å². The van der Waals surface area contributed by atoms with Crippen LogP contribution in [0.15, 0.2) is 59.8 Å². The monoisotopic (exact) mass is 498 g/mol. The summed E-state index contributed by atoms with van der Waals surface area (Å²) >= 11 is 0. The Hall–Kier alpha value is -3.57. The van der Waals surface area contributed by atoms with Gasteiger partial charge < -0.3 is 14.4 Å². The van der Waals surface area contributed by atoms with Crippen molar-refractivity contribution in [1.82, 2.24) is 14.3 Å². The molecule has 1 fully saturated rings. The van der Waals surface area contributed by atoms with Crippen molar-refractivity contribution < 1.29 is 27.5 Å². The number of benzene rings is 2. The summed E-state index contributed by atoms with van der Waals surface area (Å²) in [5.41, 5.74) is 0.204. The highest BCUT2D eigenvalue weighted by molar-refractivity contribution is 7.89. The summed E-state index contributed by atoms with van der Waals surface area (Å²) in [4.78, 5) is 34.9. The zero-order chi connectivity index (χ0) is 25.0. The number of aromatic nitrogens is 2. The molecule has 0 radical (unpaired) electrons. The van der Waals surface area contributed by atoms with Crippen molar-refractivity contribution in [2.75, 3.05) is 37.7 Å². The Kier molecular flexibility index (Phi) is 7.27. The first-order chi connectivity index (χ1) is 16.8. The number of hydrogen-bond donors (Lipinski definition) is 0. The fraction of sp³-hybridized carbons (Fsp3) is 0.333. The van der Waals surface area contributed by atoms with E-state index in [2.05, 4.69) is 9.97 Å². The van der Waals surface area contributed by atoms with Crippen LogP contribution in [0.5, 0.6) is 0 Å². The summed E-state index contributed by atoms with van der Waals surface area (Å²) < 4.78 is 38.5. The van der Waals surface area contributed by atoms with E-state index in [-0.39, 0.29) is 49.3 Å². The Morgan fingerprint density at radius 3 is 2.34 bits per heavy atom. The zero-order valence-corrected chi connectivity index (χ0v) is 20.3. The molecular formula is C24H26N4O6S. The summed E-state index contributed by atoms with van der Waals surface area (Å²) in [5.74, 6) is -0.908. The number of carbonyl (C=O) groups excluding carboxylic acids is 2. The number of nitrogens with zero attached hydrogens (tertiary/aromatic N) is 4. The number of sulfonamides is 1. The molecule has 2 heterocycles. The molecule has 3 aromatic rings. The number of ether oxygens (including phenoxy) is 2. The van der Waals surface area contributed by atoms with Gasteiger partial charge in [-0.15, -0.1) is 0 Å². The van der Waals surface area contributed by atoms with Crippen LogP contribution in [0.2, 0.25) is 0 Å². The Balaban J connectivity index is 1.61. The van der Waals surface area contributed by atoms with Gasteiger partial charge in [0, 0.05) is 32.0 Å².